The summed E-state index contributed by atoms with van der Waals surface area (Å²) in [5, 5.41) is 12.1. The van der Waals surface area contributed by atoms with Gasteiger partial charge in [0.25, 0.3) is 0 Å². The fraction of sp³-hybridized carbons (Fsp3) is 0.357. The molecule has 0 aliphatic carbocycles. The number of halogens is 1. The summed E-state index contributed by atoms with van der Waals surface area (Å²) in [5.74, 6) is 0. The maximum Gasteiger partial charge on any atom is 0.0986 e. The van der Waals surface area contributed by atoms with Crippen molar-refractivity contribution in [2.45, 2.75) is 31.3 Å². The Kier molecular flexibility index (Phi) is 2.26. The summed E-state index contributed by atoms with van der Waals surface area (Å²) in [6.45, 7) is 0. The monoisotopic (exact) mass is 259 g/mol. The van der Waals surface area contributed by atoms with Crippen LogP contribution in [0, 0.1) is 0 Å². The Hall–Kier alpha value is -1.32. The number of aromatic amines is 1. The molecule has 4 rings (SSSR count). The number of H-pyrrole nitrogens is 1. The van der Waals surface area contributed by atoms with Crippen molar-refractivity contribution in [2.75, 3.05) is 0 Å². The normalized spacial score (nSPS) is 25.2. The van der Waals surface area contributed by atoms with E-state index in [0.717, 1.165) is 22.7 Å². The van der Waals surface area contributed by atoms with Crippen molar-refractivity contribution in [1.82, 2.24) is 15.5 Å². The molecule has 0 radical (unpaired) electrons. The fourth-order valence-electron chi connectivity index (χ4n) is 3.23. The predicted octanol–water partition coefficient (Wildman–Crippen LogP) is 3.08. The number of rotatable bonds is 1. The highest BCUT2D eigenvalue weighted by atomic mass is 35.5. The molecule has 0 saturated carbocycles. The van der Waals surface area contributed by atoms with Crippen LogP contribution in [-0.4, -0.2) is 16.2 Å². The molecule has 2 bridgehead atoms. The van der Waals surface area contributed by atoms with Gasteiger partial charge in [-0.3, -0.25) is 5.10 Å². The van der Waals surface area contributed by atoms with Crippen LogP contribution in [0.4, 0.5) is 0 Å². The Morgan fingerprint density at radius 1 is 1.22 bits per heavy atom. The van der Waals surface area contributed by atoms with Crippen LogP contribution in [0.5, 0.6) is 0 Å². The highest BCUT2D eigenvalue weighted by Crippen LogP contribution is 2.41. The third-order valence-electron chi connectivity index (χ3n) is 4.05. The van der Waals surface area contributed by atoms with Gasteiger partial charge in [0.15, 0.2) is 0 Å². The van der Waals surface area contributed by atoms with Gasteiger partial charge in [-0.05, 0) is 18.9 Å². The second-order valence-electron chi connectivity index (χ2n) is 5.14. The van der Waals surface area contributed by atoms with Crippen LogP contribution in [0.3, 0.4) is 0 Å². The molecule has 2 aliphatic heterocycles. The first-order valence-corrected chi connectivity index (χ1v) is 6.79. The smallest absolute Gasteiger partial charge is 0.0986 e. The van der Waals surface area contributed by atoms with Crippen LogP contribution < -0.4 is 5.32 Å². The number of nitrogens with one attached hydrogen (secondary N) is 2. The van der Waals surface area contributed by atoms with Gasteiger partial charge in [0.2, 0.25) is 0 Å². The van der Waals surface area contributed by atoms with E-state index in [-0.39, 0.29) is 0 Å². The van der Waals surface area contributed by atoms with E-state index in [1.165, 1.54) is 24.1 Å². The van der Waals surface area contributed by atoms with Gasteiger partial charge < -0.3 is 5.32 Å². The minimum absolute atomic E-state index is 0.448. The Balaban J connectivity index is 1.89. The molecule has 2 atom stereocenters. The summed E-state index contributed by atoms with van der Waals surface area (Å²) < 4.78 is 0. The minimum Gasteiger partial charge on any atom is -0.307 e. The van der Waals surface area contributed by atoms with E-state index in [1.54, 1.807) is 0 Å². The first kappa shape index (κ1) is 10.6. The fourth-order valence-corrected chi connectivity index (χ4v) is 3.46. The topological polar surface area (TPSA) is 40.7 Å². The second-order valence-corrected chi connectivity index (χ2v) is 5.55. The van der Waals surface area contributed by atoms with Gasteiger partial charge in [-0.25, -0.2) is 0 Å². The lowest BCUT2D eigenvalue weighted by atomic mass is 9.96. The molecule has 3 nitrogen and oxygen atoms in total. The van der Waals surface area contributed by atoms with E-state index in [1.807, 2.05) is 24.3 Å². The molecule has 1 aromatic heterocycles. The standard InChI is InChI=1S/C14H14ClN3/c15-10-4-2-1-3-9(10)14-13-11-6-5-8(16-11)7-12(13)17-18-14/h1-4,8,11,16H,5-7H2,(H,17,18)/t8-,11-/m0/s1. The number of hydrogen-bond acceptors (Lipinski definition) is 2. The first-order chi connectivity index (χ1) is 8.83. The van der Waals surface area contributed by atoms with Crippen LogP contribution in [0.1, 0.15) is 30.1 Å². The van der Waals surface area contributed by atoms with Crippen molar-refractivity contribution < 1.29 is 0 Å². The highest BCUT2D eigenvalue weighted by molar-refractivity contribution is 6.33. The quantitative estimate of drug-likeness (QED) is 0.826. The zero-order valence-corrected chi connectivity index (χ0v) is 10.7. The molecule has 2 aromatic rings. The van der Waals surface area contributed by atoms with E-state index >= 15 is 0 Å². The molecule has 3 heterocycles. The lowest BCUT2D eigenvalue weighted by Gasteiger charge is -2.21. The van der Waals surface area contributed by atoms with Crippen molar-refractivity contribution in [1.29, 1.82) is 0 Å². The lowest BCUT2D eigenvalue weighted by Crippen LogP contribution is -2.31. The van der Waals surface area contributed by atoms with Gasteiger partial charge in [-0.2, -0.15) is 5.10 Å². The van der Waals surface area contributed by atoms with Crippen molar-refractivity contribution in [2.24, 2.45) is 0 Å². The van der Waals surface area contributed by atoms with Gasteiger partial charge in [0.1, 0.15) is 0 Å². The van der Waals surface area contributed by atoms with E-state index in [9.17, 15) is 0 Å². The number of fused-ring (bicyclic) bond motifs is 4. The van der Waals surface area contributed by atoms with Crippen LogP contribution in [0.15, 0.2) is 24.3 Å². The molecule has 92 valence electrons. The average molecular weight is 260 g/mol. The zero-order valence-electron chi connectivity index (χ0n) is 9.91. The molecule has 0 unspecified atom stereocenters. The summed E-state index contributed by atoms with van der Waals surface area (Å²) in [7, 11) is 0. The summed E-state index contributed by atoms with van der Waals surface area (Å²) in [4.78, 5) is 0. The zero-order chi connectivity index (χ0) is 12.1. The minimum atomic E-state index is 0.448. The van der Waals surface area contributed by atoms with Crippen molar-refractivity contribution in [3.63, 3.8) is 0 Å². The van der Waals surface area contributed by atoms with Crippen molar-refractivity contribution >= 4 is 11.6 Å². The lowest BCUT2D eigenvalue weighted by molar-refractivity contribution is 0.511. The number of nitrogens with zero attached hydrogens (tertiary/aromatic N) is 1. The van der Waals surface area contributed by atoms with Gasteiger partial charge in [-0.15, -0.1) is 0 Å². The van der Waals surface area contributed by atoms with E-state index in [4.69, 9.17) is 11.6 Å². The molecule has 1 fully saturated rings. The second kappa shape index (κ2) is 3.84. The Morgan fingerprint density at radius 2 is 2.11 bits per heavy atom. The number of aromatic nitrogens is 2. The van der Waals surface area contributed by atoms with Crippen molar-refractivity contribution in [3.05, 3.63) is 40.5 Å². The van der Waals surface area contributed by atoms with Gasteiger partial charge in [0.05, 0.1) is 10.7 Å². The molecule has 1 saturated heterocycles. The van der Waals surface area contributed by atoms with Gasteiger partial charge in [0, 0.05) is 35.3 Å². The molecule has 4 heteroatoms. The predicted molar refractivity (Wildman–Crippen MR) is 71.6 cm³/mol. The SMILES string of the molecule is Clc1ccccc1-c1n[nH]c2c1[C@@H]1CC[C@@H](C2)N1. The molecule has 0 amide bonds. The Morgan fingerprint density at radius 3 is 3.00 bits per heavy atom. The van der Waals surface area contributed by atoms with Crippen LogP contribution in [0.25, 0.3) is 11.3 Å². The molecule has 1 aromatic carbocycles. The Labute approximate surface area is 111 Å². The van der Waals surface area contributed by atoms with Crippen molar-refractivity contribution in [3.8, 4) is 11.3 Å². The molecule has 18 heavy (non-hydrogen) atoms. The van der Waals surface area contributed by atoms with E-state index < -0.39 is 0 Å². The summed E-state index contributed by atoms with van der Waals surface area (Å²) in [6.07, 6.45) is 3.52. The third kappa shape index (κ3) is 1.44. The average Bonchev–Trinajstić information content (AvgIpc) is 2.96. The molecule has 2 aliphatic rings. The summed E-state index contributed by atoms with van der Waals surface area (Å²) in [6, 6.07) is 9.00. The number of hydrogen-bond donors (Lipinski definition) is 2. The summed E-state index contributed by atoms with van der Waals surface area (Å²) in [5.41, 5.74) is 4.67. The Bertz CT molecular complexity index is 605. The van der Waals surface area contributed by atoms with Crippen LogP contribution in [0.2, 0.25) is 5.02 Å². The van der Waals surface area contributed by atoms with E-state index in [0.29, 0.717) is 12.1 Å². The first-order valence-electron chi connectivity index (χ1n) is 6.41. The third-order valence-corrected chi connectivity index (χ3v) is 4.38. The van der Waals surface area contributed by atoms with Gasteiger partial charge in [-0.1, -0.05) is 29.8 Å². The van der Waals surface area contributed by atoms with Crippen LogP contribution >= 0.6 is 11.6 Å². The molecule has 0 spiro atoms. The molecular weight excluding hydrogens is 246 g/mol. The summed E-state index contributed by atoms with van der Waals surface area (Å²) >= 11 is 6.29. The van der Waals surface area contributed by atoms with Crippen LogP contribution in [-0.2, 0) is 6.42 Å². The highest BCUT2D eigenvalue weighted by Gasteiger charge is 2.36. The van der Waals surface area contributed by atoms with Gasteiger partial charge >= 0.3 is 0 Å². The maximum atomic E-state index is 6.29. The van der Waals surface area contributed by atoms with E-state index in [2.05, 4.69) is 15.5 Å². The number of benzene rings is 1. The largest absolute Gasteiger partial charge is 0.307 e. The molecular formula is C14H14ClN3. The molecule has 2 N–H and O–H groups in total. The maximum absolute atomic E-state index is 6.29.